The lowest BCUT2D eigenvalue weighted by atomic mass is 10.1. The first-order valence-corrected chi connectivity index (χ1v) is 8.79. The SMILES string of the molecule is CCOC(=O)c1nc2c(Br)cc(C)cn2c1C(=O)c1ccc(OC)cc1. The molecule has 0 aliphatic heterocycles. The van der Waals surface area contributed by atoms with Crippen LogP contribution in [0.25, 0.3) is 5.65 Å². The summed E-state index contributed by atoms with van der Waals surface area (Å²) in [5, 5.41) is 0. The highest BCUT2D eigenvalue weighted by molar-refractivity contribution is 9.10. The molecular formula is C19H17BrN2O4. The molecule has 134 valence electrons. The molecule has 26 heavy (non-hydrogen) atoms. The molecule has 0 saturated carbocycles. The Hall–Kier alpha value is -2.67. The monoisotopic (exact) mass is 416 g/mol. The van der Waals surface area contributed by atoms with Crippen molar-refractivity contribution in [3.63, 3.8) is 0 Å². The Morgan fingerprint density at radius 3 is 2.54 bits per heavy atom. The first kappa shape index (κ1) is 18.1. The molecule has 0 fully saturated rings. The lowest BCUT2D eigenvalue weighted by Gasteiger charge is -2.07. The van der Waals surface area contributed by atoms with Crippen LogP contribution in [0.4, 0.5) is 0 Å². The summed E-state index contributed by atoms with van der Waals surface area (Å²) >= 11 is 3.44. The average Bonchev–Trinajstić information content (AvgIpc) is 3.01. The van der Waals surface area contributed by atoms with E-state index in [1.165, 1.54) is 0 Å². The number of hydrogen-bond acceptors (Lipinski definition) is 5. The molecule has 3 rings (SSSR count). The largest absolute Gasteiger partial charge is 0.497 e. The van der Waals surface area contributed by atoms with Crippen molar-refractivity contribution < 1.29 is 19.1 Å². The van der Waals surface area contributed by atoms with E-state index in [0.29, 0.717) is 21.4 Å². The van der Waals surface area contributed by atoms with Crippen LogP contribution in [0, 0.1) is 6.92 Å². The van der Waals surface area contributed by atoms with E-state index in [1.807, 2.05) is 13.0 Å². The zero-order valence-corrected chi connectivity index (χ0v) is 16.2. The van der Waals surface area contributed by atoms with Gasteiger partial charge in [-0.25, -0.2) is 9.78 Å². The molecule has 0 unspecified atom stereocenters. The van der Waals surface area contributed by atoms with Gasteiger partial charge in [0.05, 0.1) is 18.2 Å². The third-order valence-corrected chi connectivity index (χ3v) is 4.43. The van der Waals surface area contributed by atoms with Crippen LogP contribution in [0.15, 0.2) is 41.0 Å². The number of ether oxygens (including phenoxy) is 2. The molecule has 2 aromatic heterocycles. The molecule has 7 heteroatoms. The van der Waals surface area contributed by atoms with E-state index in [9.17, 15) is 9.59 Å². The molecule has 3 aromatic rings. The molecule has 0 amide bonds. The third-order valence-electron chi connectivity index (χ3n) is 3.85. The zero-order chi connectivity index (χ0) is 18.8. The van der Waals surface area contributed by atoms with Gasteiger partial charge < -0.3 is 9.47 Å². The average molecular weight is 417 g/mol. The van der Waals surface area contributed by atoms with Crippen molar-refractivity contribution in [2.75, 3.05) is 13.7 Å². The van der Waals surface area contributed by atoms with Gasteiger partial charge in [-0.1, -0.05) is 0 Å². The number of pyridine rings is 1. The number of fused-ring (bicyclic) bond motifs is 1. The van der Waals surface area contributed by atoms with Gasteiger partial charge in [0.25, 0.3) is 0 Å². The summed E-state index contributed by atoms with van der Waals surface area (Å²) in [6, 6.07) is 8.57. The molecular weight excluding hydrogens is 400 g/mol. The number of imidazole rings is 1. The summed E-state index contributed by atoms with van der Waals surface area (Å²) in [7, 11) is 1.56. The van der Waals surface area contributed by atoms with E-state index in [4.69, 9.17) is 9.47 Å². The quantitative estimate of drug-likeness (QED) is 0.466. The van der Waals surface area contributed by atoms with Crippen molar-refractivity contribution in [1.82, 2.24) is 9.38 Å². The fourth-order valence-electron chi connectivity index (χ4n) is 2.67. The number of carbonyl (C=O) groups excluding carboxylic acids is 2. The smallest absolute Gasteiger partial charge is 0.359 e. The Morgan fingerprint density at radius 1 is 1.23 bits per heavy atom. The summed E-state index contributed by atoms with van der Waals surface area (Å²) in [6.45, 7) is 3.80. The predicted octanol–water partition coefficient (Wildman–Crippen LogP) is 3.82. The highest BCUT2D eigenvalue weighted by Crippen LogP contribution is 2.25. The molecule has 0 aliphatic rings. The van der Waals surface area contributed by atoms with Crippen LogP contribution in [0.3, 0.4) is 0 Å². The maximum absolute atomic E-state index is 13.1. The first-order chi connectivity index (χ1) is 12.5. The van der Waals surface area contributed by atoms with Crippen LogP contribution in [0.1, 0.15) is 39.0 Å². The number of methoxy groups -OCH3 is 1. The van der Waals surface area contributed by atoms with Gasteiger partial charge >= 0.3 is 5.97 Å². The number of nitrogens with zero attached hydrogens (tertiary/aromatic N) is 2. The van der Waals surface area contributed by atoms with Crippen LogP contribution in [-0.4, -0.2) is 34.9 Å². The van der Waals surface area contributed by atoms with Crippen molar-refractivity contribution in [2.45, 2.75) is 13.8 Å². The molecule has 0 bridgehead atoms. The van der Waals surface area contributed by atoms with E-state index in [2.05, 4.69) is 20.9 Å². The van der Waals surface area contributed by atoms with Gasteiger partial charge in [0, 0.05) is 11.8 Å². The molecule has 0 spiro atoms. The molecule has 6 nitrogen and oxygen atoms in total. The maximum atomic E-state index is 13.1. The minimum absolute atomic E-state index is 0.000956. The number of hydrogen-bond donors (Lipinski definition) is 0. The van der Waals surface area contributed by atoms with Crippen molar-refractivity contribution in [2.24, 2.45) is 0 Å². The lowest BCUT2D eigenvalue weighted by Crippen LogP contribution is -2.14. The van der Waals surface area contributed by atoms with Gasteiger partial charge in [-0.05, 0) is 65.7 Å². The van der Waals surface area contributed by atoms with Gasteiger partial charge in [0.2, 0.25) is 5.78 Å². The summed E-state index contributed by atoms with van der Waals surface area (Å²) in [4.78, 5) is 29.9. The molecule has 2 heterocycles. The Morgan fingerprint density at radius 2 is 1.92 bits per heavy atom. The Bertz CT molecular complexity index is 993. The van der Waals surface area contributed by atoms with E-state index in [1.54, 1.807) is 48.9 Å². The summed E-state index contributed by atoms with van der Waals surface area (Å²) in [5.41, 5.74) is 2.00. The number of halogens is 1. The maximum Gasteiger partial charge on any atom is 0.359 e. The van der Waals surface area contributed by atoms with Gasteiger partial charge in [-0.3, -0.25) is 9.20 Å². The molecule has 0 atom stereocenters. The van der Waals surface area contributed by atoms with Crippen molar-refractivity contribution in [1.29, 1.82) is 0 Å². The number of rotatable bonds is 5. The van der Waals surface area contributed by atoms with E-state index in [0.717, 1.165) is 5.56 Å². The normalized spacial score (nSPS) is 10.8. The van der Waals surface area contributed by atoms with Gasteiger partial charge in [0.15, 0.2) is 11.3 Å². The Labute approximate surface area is 158 Å². The molecule has 0 N–H and O–H groups in total. The second kappa shape index (κ2) is 7.29. The number of aryl methyl sites for hydroxylation is 1. The third kappa shape index (κ3) is 3.22. The molecule has 1 aromatic carbocycles. The first-order valence-electron chi connectivity index (χ1n) is 8.00. The Balaban J connectivity index is 2.22. The fourth-order valence-corrected chi connectivity index (χ4v) is 3.31. The summed E-state index contributed by atoms with van der Waals surface area (Å²) < 4.78 is 12.5. The molecule has 0 radical (unpaired) electrons. The van der Waals surface area contributed by atoms with Crippen LogP contribution in [0.2, 0.25) is 0 Å². The van der Waals surface area contributed by atoms with E-state index in [-0.39, 0.29) is 23.8 Å². The van der Waals surface area contributed by atoms with Crippen LogP contribution in [0.5, 0.6) is 5.75 Å². The number of carbonyl (C=O) groups is 2. The van der Waals surface area contributed by atoms with Crippen molar-refractivity contribution in [3.05, 3.63) is 63.5 Å². The highest BCUT2D eigenvalue weighted by Gasteiger charge is 2.27. The lowest BCUT2D eigenvalue weighted by molar-refractivity contribution is 0.0517. The second-order valence-corrected chi connectivity index (χ2v) is 6.50. The second-order valence-electron chi connectivity index (χ2n) is 5.65. The van der Waals surface area contributed by atoms with Crippen molar-refractivity contribution >= 4 is 33.3 Å². The predicted molar refractivity (Wildman–Crippen MR) is 100 cm³/mol. The number of aromatic nitrogens is 2. The zero-order valence-electron chi connectivity index (χ0n) is 14.6. The van der Waals surface area contributed by atoms with Crippen LogP contribution < -0.4 is 4.74 Å². The molecule has 0 aliphatic carbocycles. The minimum Gasteiger partial charge on any atom is -0.497 e. The summed E-state index contributed by atoms with van der Waals surface area (Å²) in [5.74, 6) is -0.304. The van der Waals surface area contributed by atoms with E-state index >= 15 is 0 Å². The number of esters is 1. The minimum atomic E-state index is -0.627. The Kier molecular flexibility index (Phi) is 5.08. The topological polar surface area (TPSA) is 69.9 Å². The standard InChI is InChI=1S/C19H17BrN2O4/c1-4-26-19(24)15-16(17(23)12-5-7-13(25-3)8-6-12)22-10-11(2)9-14(20)18(22)21-15/h5-10H,4H2,1-3H3. The number of ketones is 1. The molecule has 0 saturated heterocycles. The fraction of sp³-hybridized carbons (Fsp3) is 0.211. The highest BCUT2D eigenvalue weighted by atomic mass is 79.9. The van der Waals surface area contributed by atoms with E-state index < -0.39 is 5.97 Å². The summed E-state index contributed by atoms with van der Waals surface area (Å²) in [6.07, 6.45) is 1.77. The number of benzene rings is 1. The van der Waals surface area contributed by atoms with Crippen LogP contribution >= 0.6 is 15.9 Å². The van der Waals surface area contributed by atoms with Crippen molar-refractivity contribution in [3.8, 4) is 5.75 Å². The van der Waals surface area contributed by atoms with Crippen LogP contribution in [-0.2, 0) is 4.74 Å². The van der Waals surface area contributed by atoms with Gasteiger partial charge in [-0.15, -0.1) is 0 Å². The van der Waals surface area contributed by atoms with Gasteiger partial charge in [0.1, 0.15) is 11.4 Å². The van der Waals surface area contributed by atoms with Gasteiger partial charge in [-0.2, -0.15) is 0 Å².